The van der Waals surface area contributed by atoms with Gasteiger partial charge in [-0.1, -0.05) is 19.1 Å². The summed E-state index contributed by atoms with van der Waals surface area (Å²) in [6.45, 7) is 2.01. The average molecular weight is 251 g/mol. The molecule has 4 heteroatoms. The first kappa shape index (κ1) is 14.5. The molecular formula is C14H21NO3. The van der Waals surface area contributed by atoms with E-state index in [1.165, 1.54) is 0 Å². The van der Waals surface area contributed by atoms with Gasteiger partial charge in [-0.15, -0.1) is 0 Å². The minimum absolute atomic E-state index is 0.0861. The zero-order valence-electron chi connectivity index (χ0n) is 11.4. The van der Waals surface area contributed by atoms with Crippen LogP contribution < -0.4 is 4.74 Å². The number of carbonyl (C=O) groups is 1. The zero-order valence-corrected chi connectivity index (χ0v) is 11.4. The number of carboxylic acid groups (broad SMARTS) is 1. The fourth-order valence-corrected chi connectivity index (χ4v) is 2.32. The Morgan fingerprint density at radius 3 is 2.22 bits per heavy atom. The standard InChI is InChI=1S/C14H21NO3/c1-5-14(15(2)3,10-13(16)17)11-6-8-12(18-4)9-7-11/h6-9H,5,10H2,1-4H3,(H,16,17). The van der Waals surface area contributed by atoms with Gasteiger partial charge in [0.25, 0.3) is 0 Å². The summed E-state index contributed by atoms with van der Waals surface area (Å²) in [5.74, 6) is -0.0146. The SMILES string of the molecule is CCC(CC(=O)O)(c1ccc(OC)cc1)N(C)C. The van der Waals surface area contributed by atoms with Gasteiger partial charge >= 0.3 is 5.97 Å². The van der Waals surface area contributed by atoms with E-state index in [4.69, 9.17) is 9.84 Å². The molecule has 18 heavy (non-hydrogen) atoms. The van der Waals surface area contributed by atoms with Crippen LogP contribution in [0.1, 0.15) is 25.3 Å². The molecule has 0 saturated carbocycles. The topological polar surface area (TPSA) is 49.8 Å². The highest BCUT2D eigenvalue weighted by Gasteiger charge is 2.35. The molecule has 0 heterocycles. The van der Waals surface area contributed by atoms with Gasteiger partial charge in [-0.2, -0.15) is 0 Å². The smallest absolute Gasteiger partial charge is 0.305 e. The summed E-state index contributed by atoms with van der Waals surface area (Å²) < 4.78 is 5.13. The lowest BCUT2D eigenvalue weighted by Crippen LogP contribution is -2.42. The van der Waals surface area contributed by atoms with Crippen molar-refractivity contribution in [2.75, 3.05) is 21.2 Å². The van der Waals surface area contributed by atoms with Crippen LogP contribution in [-0.4, -0.2) is 37.2 Å². The number of carboxylic acids is 1. The molecule has 1 aromatic carbocycles. The van der Waals surface area contributed by atoms with Gasteiger partial charge in [0.15, 0.2) is 0 Å². The molecule has 1 unspecified atom stereocenters. The Hall–Kier alpha value is -1.55. The molecule has 4 nitrogen and oxygen atoms in total. The highest BCUT2D eigenvalue weighted by atomic mass is 16.5. The first-order valence-corrected chi connectivity index (χ1v) is 6.00. The summed E-state index contributed by atoms with van der Waals surface area (Å²) in [6.07, 6.45) is 0.821. The average Bonchev–Trinajstić information content (AvgIpc) is 2.35. The lowest BCUT2D eigenvalue weighted by atomic mass is 9.83. The molecule has 0 amide bonds. The van der Waals surface area contributed by atoms with Crippen LogP contribution in [0.5, 0.6) is 5.75 Å². The largest absolute Gasteiger partial charge is 0.497 e. The minimum atomic E-state index is -0.790. The maximum atomic E-state index is 11.1. The van der Waals surface area contributed by atoms with Crippen molar-refractivity contribution < 1.29 is 14.6 Å². The Morgan fingerprint density at radius 1 is 1.33 bits per heavy atom. The quantitative estimate of drug-likeness (QED) is 0.843. The molecule has 0 fully saturated rings. The Kier molecular flexibility index (Phi) is 4.73. The minimum Gasteiger partial charge on any atom is -0.497 e. The Morgan fingerprint density at radius 2 is 1.89 bits per heavy atom. The molecule has 0 aromatic heterocycles. The molecule has 0 saturated heterocycles. The second-order valence-corrected chi connectivity index (χ2v) is 4.58. The molecule has 0 bridgehead atoms. The van der Waals surface area contributed by atoms with Crippen molar-refractivity contribution in [3.05, 3.63) is 29.8 Å². The Labute approximate surface area is 108 Å². The molecule has 1 N–H and O–H groups in total. The fraction of sp³-hybridized carbons (Fsp3) is 0.500. The third kappa shape index (κ3) is 2.82. The van der Waals surface area contributed by atoms with E-state index < -0.39 is 11.5 Å². The fourth-order valence-electron chi connectivity index (χ4n) is 2.32. The summed E-state index contributed by atoms with van der Waals surface area (Å²) in [5, 5.41) is 9.14. The number of hydrogen-bond donors (Lipinski definition) is 1. The van der Waals surface area contributed by atoms with E-state index in [0.717, 1.165) is 17.7 Å². The van der Waals surface area contributed by atoms with Crippen LogP contribution in [0.2, 0.25) is 0 Å². The molecule has 0 radical (unpaired) electrons. The van der Waals surface area contributed by atoms with Gasteiger partial charge in [-0.05, 0) is 38.2 Å². The highest BCUT2D eigenvalue weighted by Crippen LogP contribution is 2.34. The highest BCUT2D eigenvalue weighted by molar-refractivity contribution is 5.69. The van der Waals surface area contributed by atoms with Gasteiger partial charge in [0.1, 0.15) is 5.75 Å². The van der Waals surface area contributed by atoms with Crippen molar-refractivity contribution >= 4 is 5.97 Å². The number of methoxy groups -OCH3 is 1. The predicted octanol–water partition coefficient (Wildman–Crippen LogP) is 2.34. The third-order valence-corrected chi connectivity index (χ3v) is 3.51. The van der Waals surface area contributed by atoms with E-state index in [1.54, 1.807) is 7.11 Å². The molecular weight excluding hydrogens is 230 g/mol. The van der Waals surface area contributed by atoms with Gasteiger partial charge in [-0.3, -0.25) is 9.69 Å². The van der Waals surface area contributed by atoms with E-state index in [0.29, 0.717) is 0 Å². The zero-order chi connectivity index (χ0) is 13.8. The van der Waals surface area contributed by atoms with Gasteiger partial charge in [0.05, 0.1) is 19.1 Å². The Bertz CT molecular complexity index is 400. The van der Waals surface area contributed by atoms with E-state index in [9.17, 15) is 4.79 Å². The summed E-state index contributed by atoms with van der Waals surface area (Å²) >= 11 is 0. The number of ether oxygens (including phenoxy) is 1. The lowest BCUT2D eigenvalue weighted by molar-refractivity contribution is -0.140. The number of hydrogen-bond acceptors (Lipinski definition) is 3. The number of nitrogens with zero attached hydrogens (tertiary/aromatic N) is 1. The van der Waals surface area contributed by atoms with Crippen LogP contribution in [0, 0.1) is 0 Å². The summed E-state index contributed by atoms with van der Waals surface area (Å²) in [5.41, 5.74) is 0.524. The van der Waals surface area contributed by atoms with Crippen molar-refractivity contribution in [3.63, 3.8) is 0 Å². The summed E-state index contributed by atoms with van der Waals surface area (Å²) in [4.78, 5) is 13.1. The molecule has 0 aliphatic carbocycles. The van der Waals surface area contributed by atoms with Crippen molar-refractivity contribution in [2.45, 2.75) is 25.3 Å². The van der Waals surface area contributed by atoms with Crippen molar-refractivity contribution in [2.24, 2.45) is 0 Å². The van der Waals surface area contributed by atoms with Crippen LogP contribution in [0.4, 0.5) is 0 Å². The van der Waals surface area contributed by atoms with Crippen molar-refractivity contribution in [1.82, 2.24) is 4.90 Å². The molecule has 0 spiro atoms. The molecule has 100 valence electrons. The van der Waals surface area contributed by atoms with E-state index in [2.05, 4.69) is 0 Å². The molecule has 0 aliphatic rings. The van der Waals surface area contributed by atoms with E-state index in [-0.39, 0.29) is 6.42 Å². The molecule has 0 aliphatic heterocycles. The molecule has 1 aromatic rings. The monoisotopic (exact) mass is 251 g/mol. The molecule has 1 atom stereocenters. The maximum Gasteiger partial charge on any atom is 0.305 e. The summed E-state index contributed by atoms with van der Waals surface area (Å²) in [6, 6.07) is 7.60. The third-order valence-electron chi connectivity index (χ3n) is 3.51. The van der Waals surface area contributed by atoms with Gasteiger partial charge in [0.2, 0.25) is 0 Å². The predicted molar refractivity (Wildman–Crippen MR) is 70.9 cm³/mol. The Balaban J connectivity index is 3.19. The van der Waals surface area contributed by atoms with E-state index in [1.807, 2.05) is 50.2 Å². The van der Waals surface area contributed by atoms with E-state index >= 15 is 0 Å². The number of benzene rings is 1. The van der Waals surface area contributed by atoms with Crippen LogP contribution in [-0.2, 0) is 10.3 Å². The first-order valence-electron chi connectivity index (χ1n) is 6.00. The number of aliphatic carboxylic acids is 1. The normalized spacial score (nSPS) is 14.3. The van der Waals surface area contributed by atoms with Crippen LogP contribution in [0.25, 0.3) is 0 Å². The van der Waals surface area contributed by atoms with Crippen molar-refractivity contribution in [1.29, 1.82) is 0 Å². The molecule has 1 rings (SSSR count). The maximum absolute atomic E-state index is 11.1. The first-order chi connectivity index (χ1) is 8.46. The second kappa shape index (κ2) is 5.87. The lowest BCUT2D eigenvalue weighted by Gasteiger charge is -2.38. The van der Waals surface area contributed by atoms with Gasteiger partial charge in [-0.25, -0.2) is 0 Å². The van der Waals surface area contributed by atoms with Crippen LogP contribution in [0.15, 0.2) is 24.3 Å². The van der Waals surface area contributed by atoms with Crippen LogP contribution in [0.3, 0.4) is 0 Å². The van der Waals surface area contributed by atoms with Crippen molar-refractivity contribution in [3.8, 4) is 5.75 Å². The summed E-state index contributed by atoms with van der Waals surface area (Å²) in [7, 11) is 5.44. The van der Waals surface area contributed by atoms with Gasteiger partial charge < -0.3 is 9.84 Å². The second-order valence-electron chi connectivity index (χ2n) is 4.58. The number of rotatable bonds is 6. The van der Waals surface area contributed by atoms with Gasteiger partial charge in [0, 0.05) is 0 Å². The van der Waals surface area contributed by atoms with Crippen LogP contribution >= 0.6 is 0 Å².